The molecule has 0 radical (unpaired) electrons. The van der Waals surface area contributed by atoms with E-state index in [2.05, 4.69) is 9.68 Å². The lowest BCUT2D eigenvalue weighted by Gasteiger charge is -2.21. The van der Waals surface area contributed by atoms with Gasteiger partial charge in [-0.15, -0.1) is 0 Å². The molecule has 0 unspecified atom stereocenters. The third-order valence-electron chi connectivity index (χ3n) is 2.60. The molecule has 1 atom stereocenters. The molecule has 0 spiro atoms. The smallest absolute Gasteiger partial charge is 0.361 e. The Bertz CT molecular complexity index is 593. The minimum Gasteiger partial charge on any atom is -0.361 e. The Balaban J connectivity index is 2.23. The van der Waals surface area contributed by atoms with E-state index in [0.717, 1.165) is 0 Å². The Morgan fingerprint density at radius 1 is 1.30 bits per heavy atom. The first-order valence-electron chi connectivity index (χ1n) is 5.74. The molecule has 7 heteroatoms. The van der Waals surface area contributed by atoms with Crippen LogP contribution < -0.4 is 5.32 Å². The second kappa shape index (κ2) is 5.36. The van der Waals surface area contributed by atoms with Crippen LogP contribution in [0.1, 0.15) is 27.9 Å². The van der Waals surface area contributed by atoms with E-state index < -0.39 is 18.1 Å². The van der Waals surface area contributed by atoms with Gasteiger partial charge in [0.25, 0.3) is 5.91 Å². The summed E-state index contributed by atoms with van der Waals surface area (Å²) in [5.74, 6) is -0.591. The molecule has 2 rings (SSSR count). The summed E-state index contributed by atoms with van der Waals surface area (Å²) in [6, 6.07) is 6.32. The van der Waals surface area contributed by atoms with Gasteiger partial charge in [0.15, 0.2) is 11.7 Å². The van der Waals surface area contributed by atoms with Gasteiger partial charge in [-0.2, -0.15) is 13.2 Å². The molecule has 0 saturated heterocycles. The fourth-order valence-electron chi connectivity index (χ4n) is 1.68. The summed E-state index contributed by atoms with van der Waals surface area (Å²) in [5.41, 5.74) is -0.235. The number of aromatic nitrogens is 1. The van der Waals surface area contributed by atoms with Crippen molar-refractivity contribution in [2.75, 3.05) is 0 Å². The number of benzene rings is 1. The van der Waals surface area contributed by atoms with Crippen LogP contribution >= 0.6 is 0 Å². The summed E-state index contributed by atoms with van der Waals surface area (Å²) >= 11 is 0. The molecule has 1 heterocycles. The molecule has 0 aliphatic rings. The molecule has 0 aliphatic carbocycles. The van der Waals surface area contributed by atoms with Crippen molar-refractivity contribution in [2.24, 2.45) is 0 Å². The summed E-state index contributed by atoms with van der Waals surface area (Å²) in [7, 11) is 0. The third-order valence-corrected chi connectivity index (χ3v) is 2.60. The van der Waals surface area contributed by atoms with E-state index in [0.29, 0.717) is 5.76 Å². The average molecular weight is 284 g/mol. The van der Waals surface area contributed by atoms with Gasteiger partial charge in [0.1, 0.15) is 5.76 Å². The van der Waals surface area contributed by atoms with Crippen molar-refractivity contribution < 1.29 is 22.5 Å². The summed E-state index contributed by atoms with van der Waals surface area (Å²) in [6.45, 7) is 1.54. The Morgan fingerprint density at radius 2 is 1.95 bits per heavy atom. The number of hydrogen-bond donors (Lipinski definition) is 1. The maximum atomic E-state index is 13.0. The average Bonchev–Trinajstić information content (AvgIpc) is 2.82. The molecular formula is C13H11F3N2O2. The summed E-state index contributed by atoms with van der Waals surface area (Å²) < 4.78 is 43.8. The lowest BCUT2D eigenvalue weighted by Crippen LogP contribution is -2.38. The number of carbonyl (C=O) groups is 1. The summed E-state index contributed by atoms with van der Waals surface area (Å²) in [5, 5.41) is 5.31. The van der Waals surface area contributed by atoms with E-state index in [9.17, 15) is 18.0 Å². The normalized spacial score (nSPS) is 13.0. The topological polar surface area (TPSA) is 55.1 Å². The Kier molecular flexibility index (Phi) is 3.78. The van der Waals surface area contributed by atoms with Gasteiger partial charge in [0.05, 0.1) is 0 Å². The molecule has 1 N–H and O–H groups in total. The van der Waals surface area contributed by atoms with E-state index in [1.807, 2.05) is 5.32 Å². The van der Waals surface area contributed by atoms with Gasteiger partial charge in [-0.25, -0.2) is 0 Å². The number of carbonyl (C=O) groups excluding carboxylic acids is 1. The molecule has 1 aromatic carbocycles. The maximum absolute atomic E-state index is 13.0. The van der Waals surface area contributed by atoms with Crippen molar-refractivity contribution in [2.45, 2.75) is 19.1 Å². The van der Waals surface area contributed by atoms with Crippen LogP contribution in [-0.2, 0) is 0 Å². The number of alkyl halides is 3. The second-order valence-electron chi connectivity index (χ2n) is 4.18. The predicted molar refractivity (Wildman–Crippen MR) is 63.9 cm³/mol. The highest BCUT2D eigenvalue weighted by Crippen LogP contribution is 2.32. The van der Waals surface area contributed by atoms with Crippen LogP contribution in [0.25, 0.3) is 0 Å². The second-order valence-corrected chi connectivity index (χ2v) is 4.18. The zero-order valence-electron chi connectivity index (χ0n) is 10.4. The number of nitrogens with one attached hydrogen (secondary N) is 1. The van der Waals surface area contributed by atoms with E-state index >= 15 is 0 Å². The van der Waals surface area contributed by atoms with Crippen molar-refractivity contribution >= 4 is 5.91 Å². The van der Waals surface area contributed by atoms with Gasteiger partial charge in [0, 0.05) is 6.07 Å². The van der Waals surface area contributed by atoms with Crippen LogP contribution in [0.15, 0.2) is 40.9 Å². The van der Waals surface area contributed by atoms with Crippen LogP contribution in [0.3, 0.4) is 0 Å². The van der Waals surface area contributed by atoms with Crippen molar-refractivity contribution in [3.8, 4) is 0 Å². The van der Waals surface area contributed by atoms with E-state index in [4.69, 9.17) is 0 Å². The lowest BCUT2D eigenvalue weighted by atomic mass is 10.1. The molecule has 1 aromatic heterocycles. The fourth-order valence-corrected chi connectivity index (χ4v) is 1.68. The highest BCUT2D eigenvalue weighted by Gasteiger charge is 2.42. The Hall–Kier alpha value is -2.31. The minimum atomic E-state index is -4.60. The highest BCUT2D eigenvalue weighted by atomic mass is 19.4. The SMILES string of the molecule is Cc1cc(C(=O)N[C@@H](c2ccccc2)C(F)(F)F)no1. The van der Waals surface area contributed by atoms with Crippen molar-refractivity contribution in [3.05, 3.63) is 53.4 Å². The van der Waals surface area contributed by atoms with Crippen molar-refractivity contribution in [1.29, 1.82) is 0 Å². The zero-order valence-corrected chi connectivity index (χ0v) is 10.4. The number of amides is 1. The largest absolute Gasteiger partial charge is 0.412 e. The van der Waals surface area contributed by atoms with Crippen molar-refractivity contribution in [3.63, 3.8) is 0 Å². The molecule has 0 aliphatic heterocycles. The van der Waals surface area contributed by atoms with Crippen LogP contribution in [0.4, 0.5) is 13.2 Å². The van der Waals surface area contributed by atoms with E-state index in [1.165, 1.54) is 30.3 Å². The van der Waals surface area contributed by atoms with E-state index in [-0.39, 0.29) is 11.3 Å². The number of hydrogen-bond acceptors (Lipinski definition) is 3. The van der Waals surface area contributed by atoms with Gasteiger partial charge in [-0.3, -0.25) is 4.79 Å². The van der Waals surface area contributed by atoms with Gasteiger partial charge in [-0.1, -0.05) is 35.5 Å². The molecule has 0 saturated carbocycles. The molecule has 20 heavy (non-hydrogen) atoms. The lowest BCUT2D eigenvalue weighted by molar-refractivity contribution is -0.155. The first-order chi connectivity index (χ1) is 9.38. The maximum Gasteiger partial charge on any atom is 0.412 e. The van der Waals surface area contributed by atoms with Crippen molar-refractivity contribution in [1.82, 2.24) is 10.5 Å². The van der Waals surface area contributed by atoms with Crippen LogP contribution in [0, 0.1) is 6.92 Å². The monoisotopic (exact) mass is 284 g/mol. The van der Waals surface area contributed by atoms with Crippen LogP contribution in [0.2, 0.25) is 0 Å². The Morgan fingerprint density at radius 3 is 2.45 bits per heavy atom. The van der Waals surface area contributed by atoms with Gasteiger partial charge >= 0.3 is 6.18 Å². The van der Waals surface area contributed by atoms with Gasteiger partial charge in [0.2, 0.25) is 0 Å². The Labute approximate surface area is 112 Å². The predicted octanol–water partition coefficient (Wildman–Crippen LogP) is 3.02. The first-order valence-corrected chi connectivity index (χ1v) is 5.74. The number of nitrogens with zero attached hydrogens (tertiary/aromatic N) is 1. The third kappa shape index (κ3) is 3.17. The quantitative estimate of drug-likeness (QED) is 0.942. The van der Waals surface area contributed by atoms with E-state index in [1.54, 1.807) is 13.0 Å². The van der Waals surface area contributed by atoms with Gasteiger partial charge < -0.3 is 9.84 Å². The fraction of sp³-hybridized carbons (Fsp3) is 0.231. The highest BCUT2D eigenvalue weighted by molar-refractivity contribution is 5.92. The van der Waals surface area contributed by atoms with Crippen LogP contribution in [0.5, 0.6) is 0 Å². The molecular weight excluding hydrogens is 273 g/mol. The number of halogens is 3. The standard InChI is InChI=1S/C13H11F3N2O2/c1-8-7-10(18-20-8)12(19)17-11(13(14,15)16)9-5-3-2-4-6-9/h2-7,11H,1H3,(H,17,19)/t11-/m0/s1. The summed E-state index contributed by atoms with van der Waals surface area (Å²) in [4.78, 5) is 11.8. The number of rotatable bonds is 3. The molecule has 2 aromatic rings. The molecule has 0 fully saturated rings. The molecule has 1 amide bonds. The summed E-state index contributed by atoms with van der Waals surface area (Å²) in [6.07, 6.45) is -4.60. The molecule has 106 valence electrons. The number of aryl methyl sites for hydroxylation is 1. The zero-order chi connectivity index (χ0) is 14.8. The minimum absolute atomic E-state index is 0.0476. The molecule has 4 nitrogen and oxygen atoms in total. The van der Waals surface area contributed by atoms with Crippen LogP contribution in [-0.4, -0.2) is 17.2 Å². The first kappa shape index (κ1) is 14.1. The molecule has 0 bridgehead atoms. The van der Waals surface area contributed by atoms with Gasteiger partial charge in [-0.05, 0) is 12.5 Å².